The summed E-state index contributed by atoms with van der Waals surface area (Å²) in [7, 11) is 2.98. The number of nitrogens with two attached hydrogens (primary N) is 1. The van der Waals surface area contributed by atoms with Crippen LogP contribution in [-0.4, -0.2) is 41.6 Å². The van der Waals surface area contributed by atoms with E-state index in [-0.39, 0.29) is 29.5 Å². The van der Waals surface area contributed by atoms with Crippen LogP contribution in [0.25, 0.3) is 0 Å². The van der Waals surface area contributed by atoms with E-state index in [1.54, 1.807) is 48.4 Å². The molecule has 1 aliphatic heterocycles. The van der Waals surface area contributed by atoms with Crippen molar-refractivity contribution < 1.29 is 24.2 Å². The molecule has 8 heteroatoms. The Labute approximate surface area is 197 Å². The Morgan fingerprint density at radius 2 is 1.74 bits per heavy atom. The van der Waals surface area contributed by atoms with E-state index >= 15 is 0 Å². The molecular formula is C26H25N3O5. The average molecular weight is 460 g/mol. The molecule has 174 valence electrons. The third-order valence-electron chi connectivity index (χ3n) is 5.96. The van der Waals surface area contributed by atoms with Crippen molar-refractivity contribution in [2.24, 2.45) is 16.9 Å². The van der Waals surface area contributed by atoms with Crippen LogP contribution in [0.3, 0.4) is 0 Å². The second-order valence-corrected chi connectivity index (χ2v) is 7.88. The lowest BCUT2D eigenvalue weighted by Crippen LogP contribution is -2.30. The predicted octanol–water partition coefficient (Wildman–Crippen LogP) is 3.31. The van der Waals surface area contributed by atoms with Crippen molar-refractivity contribution in [2.45, 2.75) is 12.6 Å². The Hall–Kier alpha value is -4.33. The van der Waals surface area contributed by atoms with Gasteiger partial charge in [0.05, 0.1) is 26.2 Å². The highest BCUT2D eigenvalue weighted by atomic mass is 16.5. The molecule has 1 heterocycles. The van der Waals surface area contributed by atoms with Crippen LogP contribution in [0.15, 0.2) is 77.9 Å². The Kier molecular flexibility index (Phi) is 6.49. The zero-order valence-electron chi connectivity index (χ0n) is 18.8. The van der Waals surface area contributed by atoms with Gasteiger partial charge in [0, 0.05) is 12.1 Å². The van der Waals surface area contributed by atoms with E-state index in [1.807, 2.05) is 30.3 Å². The third kappa shape index (κ3) is 4.17. The minimum absolute atomic E-state index is 0.0196. The lowest BCUT2D eigenvalue weighted by molar-refractivity contribution is -0.124. The number of likely N-dealkylation sites (tertiary alicyclic amines) is 1. The van der Waals surface area contributed by atoms with Crippen LogP contribution < -0.4 is 15.3 Å². The largest absolute Gasteiger partial charge is 0.504 e. The SMILES string of the molecule is COc1ccc(C(=O)C2/C(=N/N)C(=O)N(Cc3ccccc3)C2c2ccc(O)c(OC)c2)cc1. The quantitative estimate of drug-likeness (QED) is 0.318. The molecule has 3 aromatic rings. The molecule has 2 unspecified atom stereocenters. The summed E-state index contributed by atoms with van der Waals surface area (Å²) in [5, 5.41) is 13.9. The maximum Gasteiger partial charge on any atom is 0.271 e. The van der Waals surface area contributed by atoms with Gasteiger partial charge in [0.2, 0.25) is 0 Å². The summed E-state index contributed by atoms with van der Waals surface area (Å²) in [6, 6.07) is 20.2. The average Bonchev–Trinajstić information content (AvgIpc) is 3.15. The van der Waals surface area contributed by atoms with Gasteiger partial charge in [-0.25, -0.2) is 0 Å². The maximum atomic E-state index is 13.7. The van der Waals surface area contributed by atoms with Crippen molar-refractivity contribution in [3.05, 3.63) is 89.5 Å². The molecule has 2 atom stereocenters. The molecule has 1 saturated heterocycles. The van der Waals surface area contributed by atoms with Crippen molar-refractivity contribution in [3.63, 3.8) is 0 Å². The van der Waals surface area contributed by atoms with Crippen molar-refractivity contribution >= 4 is 17.4 Å². The second-order valence-electron chi connectivity index (χ2n) is 7.88. The Balaban J connectivity index is 1.83. The van der Waals surface area contributed by atoms with Crippen molar-refractivity contribution in [3.8, 4) is 17.2 Å². The van der Waals surface area contributed by atoms with E-state index in [9.17, 15) is 14.7 Å². The molecule has 0 spiro atoms. The molecule has 3 N–H and O–H groups in total. The fourth-order valence-electron chi connectivity index (χ4n) is 4.27. The number of phenols is 1. The van der Waals surface area contributed by atoms with Gasteiger partial charge in [0.25, 0.3) is 5.91 Å². The summed E-state index contributed by atoms with van der Waals surface area (Å²) in [5.41, 5.74) is 1.88. The molecule has 0 aliphatic carbocycles. The first-order valence-corrected chi connectivity index (χ1v) is 10.7. The molecule has 3 aromatic carbocycles. The standard InChI is InChI=1S/C26H25N3O5/c1-33-19-11-8-17(9-12-19)25(31)22-23(28-27)26(32)29(15-16-6-4-3-5-7-16)24(22)18-10-13-20(30)21(14-18)34-2/h3-14,22,24,30H,15,27H2,1-2H3/b28-23-. The number of carbonyl (C=O) groups is 2. The first-order chi connectivity index (χ1) is 16.5. The van der Waals surface area contributed by atoms with Crippen LogP contribution >= 0.6 is 0 Å². The first-order valence-electron chi connectivity index (χ1n) is 10.7. The van der Waals surface area contributed by atoms with Crippen molar-refractivity contribution in [1.82, 2.24) is 4.90 Å². The smallest absolute Gasteiger partial charge is 0.271 e. The summed E-state index contributed by atoms with van der Waals surface area (Å²) in [6.45, 7) is 0.249. The second kappa shape index (κ2) is 9.66. The van der Waals surface area contributed by atoms with Crippen LogP contribution in [0.5, 0.6) is 17.2 Å². The number of amides is 1. The Morgan fingerprint density at radius 3 is 2.35 bits per heavy atom. The van der Waals surface area contributed by atoms with Gasteiger partial charge in [-0.05, 0) is 47.5 Å². The van der Waals surface area contributed by atoms with Gasteiger partial charge in [-0.2, -0.15) is 5.10 Å². The molecule has 34 heavy (non-hydrogen) atoms. The zero-order chi connectivity index (χ0) is 24.2. The highest BCUT2D eigenvalue weighted by Gasteiger charge is 2.50. The van der Waals surface area contributed by atoms with Crippen LogP contribution in [0.1, 0.15) is 27.5 Å². The monoisotopic (exact) mass is 459 g/mol. The normalized spacial score (nSPS) is 18.8. The minimum atomic E-state index is -0.955. The van der Waals surface area contributed by atoms with Gasteiger partial charge in [-0.15, -0.1) is 0 Å². The van der Waals surface area contributed by atoms with E-state index in [1.165, 1.54) is 13.2 Å². The minimum Gasteiger partial charge on any atom is -0.504 e. The van der Waals surface area contributed by atoms with Gasteiger partial charge < -0.3 is 25.3 Å². The lowest BCUT2D eigenvalue weighted by Gasteiger charge is -2.28. The van der Waals surface area contributed by atoms with Crippen molar-refractivity contribution in [2.75, 3.05) is 14.2 Å². The number of ether oxygens (including phenoxy) is 2. The maximum absolute atomic E-state index is 13.7. The summed E-state index contributed by atoms with van der Waals surface area (Å²) in [6.07, 6.45) is 0. The fraction of sp³-hybridized carbons (Fsp3) is 0.192. The van der Waals surface area contributed by atoms with Gasteiger partial charge in [0.1, 0.15) is 11.5 Å². The van der Waals surface area contributed by atoms with E-state index in [0.717, 1.165) is 5.56 Å². The number of rotatable bonds is 7. The lowest BCUT2D eigenvalue weighted by atomic mass is 9.85. The number of hydrogen-bond acceptors (Lipinski definition) is 7. The van der Waals surface area contributed by atoms with Crippen molar-refractivity contribution in [1.29, 1.82) is 0 Å². The molecule has 0 saturated carbocycles. The number of Topliss-reactive ketones (excluding diaryl/α,β-unsaturated/α-hetero) is 1. The molecule has 4 rings (SSSR count). The highest BCUT2D eigenvalue weighted by Crippen LogP contribution is 2.42. The number of benzene rings is 3. The Morgan fingerprint density at radius 1 is 1.03 bits per heavy atom. The number of methoxy groups -OCH3 is 2. The summed E-state index contributed by atoms with van der Waals surface area (Å²) in [4.78, 5) is 28.8. The first kappa shape index (κ1) is 22.8. The predicted molar refractivity (Wildman–Crippen MR) is 127 cm³/mol. The molecular weight excluding hydrogens is 434 g/mol. The molecule has 0 bridgehead atoms. The summed E-state index contributed by atoms with van der Waals surface area (Å²) >= 11 is 0. The molecule has 0 aromatic heterocycles. The number of hydrogen-bond donors (Lipinski definition) is 2. The molecule has 1 amide bonds. The third-order valence-corrected chi connectivity index (χ3v) is 5.96. The summed E-state index contributed by atoms with van der Waals surface area (Å²) in [5.74, 6) is 4.78. The van der Waals surface area contributed by atoms with Crippen LogP contribution in [0.2, 0.25) is 0 Å². The topological polar surface area (TPSA) is 114 Å². The van der Waals surface area contributed by atoms with E-state index in [4.69, 9.17) is 15.3 Å². The molecule has 8 nitrogen and oxygen atoms in total. The number of ketones is 1. The Bertz CT molecular complexity index is 1220. The van der Waals surface area contributed by atoms with Crippen LogP contribution in [0.4, 0.5) is 0 Å². The number of aromatic hydroxyl groups is 1. The highest BCUT2D eigenvalue weighted by molar-refractivity contribution is 6.46. The zero-order valence-corrected chi connectivity index (χ0v) is 18.8. The van der Waals surface area contributed by atoms with Gasteiger partial charge in [-0.1, -0.05) is 36.4 Å². The van der Waals surface area contributed by atoms with Crippen LogP contribution in [0, 0.1) is 5.92 Å². The number of nitrogens with zero attached hydrogens (tertiary/aromatic N) is 2. The van der Waals surface area contributed by atoms with E-state index in [2.05, 4.69) is 5.10 Å². The molecule has 1 aliphatic rings. The number of hydrazone groups is 1. The fourth-order valence-corrected chi connectivity index (χ4v) is 4.27. The van der Waals surface area contributed by atoms with Gasteiger partial charge in [-0.3, -0.25) is 9.59 Å². The molecule has 1 fully saturated rings. The van der Waals surface area contributed by atoms with Gasteiger partial charge in [0.15, 0.2) is 17.3 Å². The summed E-state index contributed by atoms with van der Waals surface area (Å²) < 4.78 is 10.5. The number of phenolic OH excluding ortho intramolecular Hbond substituents is 1. The molecule has 0 radical (unpaired) electrons. The van der Waals surface area contributed by atoms with E-state index < -0.39 is 17.9 Å². The van der Waals surface area contributed by atoms with Gasteiger partial charge >= 0.3 is 0 Å². The number of carbonyl (C=O) groups excluding carboxylic acids is 2. The van der Waals surface area contributed by atoms with Crippen LogP contribution in [-0.2, 0) is 11.3 Å². The van der Waals surface area contributed by atoms with E-state index in [0.29, 0.717) is 16.9 Å².